The Labute approximate surface area is 437 Å². The summed E-state index contributed by atoms with van der Waals surface area (Å²) in [5.74, 6) is -0.327. The summed E-state index contributed by atoms with van der Waals surface area (Å²) in [4.78, 5) is 25.4. The summed E-state index contributed by atoms with van der Waals surface area (Å²) in [5.41, 5.74) is 0. The minimum Gasteiger partial charge on any atom is -0.463 e. The van der Waals surface area contributed by atoms with E-state index in [1.807, 2.05) is 0 Å². The maximum absolute atomic E-state index is 12.7. The molecule has 0 aliphatic heterocycles. The molecule has 0 saturated heterocycles. The number of hydrogen-bond donors (Lipinski definition) is 0. The van der Waals surface area contributed by atoms with Gasteiger partial charge in [0.1, 0.15) is 19.3 Å². The van der Waals surface area contributed by atoms with E-state index in [4.69, 9.17) is 14.2 Å². The fourth-order valence-electron chi connectivity index (χ4n) is 9.14. The van der Waals surface area contributed by atoms with Gasteiger partial charge in [0.25, 0.3) is 0 Å². The average molecular weight is 982 g/mol. The lowest BCUT2D eigenvalue weighted by Gasteiger charge is -2.18. The molecule has 0 bridgehead atoms. The summed E-state index contributed by atoms with van der Waals surface area (Å²) in [6.45, 7) is 7.73. The Balaban J connectivity index is 4.23. The molecule has 0 rings (SSSR count). The Morgan fingerprint density at radius 1 is 0.300 bits per heavy atom. The summed E-state index contributed by atoms with van der Waals surface area (Å²) in [6, 6.07) is 0. The third kappa shape index (κ3) is 58.4. The molecule has 5 nitrogen and oxygen atoms in total. The van der Waals surface area contributed by atoms with Gasteiger partial charge in [-0.05, 0) is 83.5 Å². The van der Waals surface area contributed by atoms with Crippen LogP contribution >= 0.6 is 0 Å². The lowest BCUT2D eigenvalue weighted by Crippen LogP contribution is -2.29. The number of rotatable bonds is 58. The van der Waals surface area contributed by atoms with Crippen molar-refractivity contribution in [2.24, 2.45) is 0 Å². The highest BCUT2D eigenvalue weighted by Gasteiger charge is 2.16. The van der Waals surface area contributed by atoms with Crippen LogP contribution < -0.4 is 0 Å². The Kier molecular flexibility index (Phi) is 59.3. The highest BCUT2D eigenvalue weighted by Crippen LogP contribution is 2.17. The molecule has 0 saturated carbocycles. The van der Waals surface area contributed by atoms with Crippen LogP contribution in [-0.4, -0.2) is 37.9 Å². The Morgan fingerprint density at radius 2 is 0.543 bits per heavy atom. The summed E-state index contributed by atoms with van der Waals surface area (Å²) in [6.07, 6.45) is 77.3. The van der Waals surface area contributed by atoms with E-state index in [2.05, 4.69) is 69.4 Å². The second-order valence-corrected chi connectivity index (χ2v) is 21.0. The quantitative estimate of drug-likeness (QED) is 0.0345. The molecule has 0 aliphatic carbocycles. The molecule has 0 amide bonds. The topological polar surface area (TPSA) is 61.8 Å². The summed E-state index contributed by atoms with van der Waals surface area (Å²) >= 11 is 0. The Morgan fingerprint density at radius 3 is 0.857 bits per heavy atom. The largest absolute Gasteiger partial charge is 0.463 e. The summed E-state index contributed by atoms with van der Waals surface area (Å²) < 4.78 is 17.6. The first-order valence-corrected chi connectivity index (χ1v) is 31.2. The van der Waals surface area contributed by atoms with Crippen molar-refractivity contribution >= 4 is 11.9 Å². The van der Waals surface area contributed by atoms with Gasteiger partial charge < -0.3 is 14.2 Å². The molecular weight excluding hydrogens is 861 g/mol. The Hall–Kier alpha value is -2.14. The standard InChI is InChI=1S/C65H120O5/c1-4-7-10-13-16-19-22-25-28-31-33-35-37-40-43-46-49-52-55-58-64(66)69-61-63(68-60-57-54-51-48-45-42-39-30-27-24-21-18-15-12-9-6-3)62-70-65(67)59-56-53-50-47-44-41-38-36-34-32-29-26-23-20-17-14-11-8-5-2/h16-17,19-20,25-26,28-29,63H,4-15,18,21-24,27,30-62H2,1-3H3/b19-16-,20-17-,28-25-,29-26-. The van der Waals surface area contributed by atoms with E-state index in [-0.39, 0.29) is 25.2 Å². The maximum atomic E-state index is 12.7. The molecule has 410 valence electrons. The van der Waals surface area contributed by atoms with Crippen LogP contribution in [0.25, 0.3) is 0 Å². The zero-order chi connectivity index (χ0) is 50.6. The third-order valence-corrected chi connectivity index (χ3v) is 13.9. The smallest absolute Gasteiger partial charge is 0.305 e. The van der Waals surface area contributed by atoms with Gasteiger partial charge in [-0.3, -0.25) is 9.59 Å². The van der Waals surface area contributed by atoms with Crippen LogP contribution in [0.15, 0.2) is 48.6 Å². The van der Waals surface area contributed by atoms with Crippen LogP contribution in [0.2, 0.25) is 0 Å². The second kappa shape index (κ2) is 61.2. The zero-order valence-corrected chi connectivity index (χ0v) is 47.3. The number of carbonyl (C=O) groups excluding carboxylic acids is 2. The zero-order valence-electron chi connectivity index (χ0n) is 47.3. The minimum absolute atomic E-state index is 0.157. The molecule has 5 heteroatoms. The fourth-order valence-corrected chi connectivity index (χ4v) is 9.14. The lowest BCUT2D eigenvalue weighted by atomic mass is 10.0. The van der Waals surface area contributed by atoms with E-state index < -0.39 is 6.10 Å². The van der Waals surface area contributed by atoms with E-state index in [0.717, 1.165) is 51.4 Å². The highest BCUT2D eigenvalue weighted by molar-refractivity contribution is 5.69. The predicted octanol–water partition coefficient (Wildman–Crippen LogP) is 21.5. The van der Waals surface area contributed by atoms with Crippen molar-refractivity contribution in [2.45, 2.75) is 335 Å². The first kappa shape index (κ1) is 67.9. The van der Waals surface area contributed by atoms with Crippen LogP contribution in [0.5, 0.6) is 0 Å². The van der Waals surface area contributed by atoms with Crippen molar-refractivity contribution in [1.29, 1.82) is 0 Å². The number of hydrogen-bond acceptors (Lipinski definition) is 5. The molecule has 0 atom stereocenters. The van der Waals surface area contributed by atoms with Crippen molar-refractivity contribution in [2.75, 3.05) is 19.8 Å². The first-order chi connectivity index (χ1) is 34.6. The van der Waals surface area contributed by atoms with E-state index in [0.29, 0.717) is 19.4 Å². The minimum atomic E-state index is -0.402. The fraction of sp³-hybridized carbons (Fsp3) is 0.846. The van der Waals surface area contributed by atoms with E-state index >= 15 is 0 Å². The van der Waals surface area contributed by atoms with Gasteiger partial charge in [-0.1, -0.05) is 281 Å². The Bertz CT molecular complexity index is 1080. The first-order valence-electron chi connectivity index (χ1n) is 31.2. The molecule has 0 heterocycles. The van der Waals surface area contributed by atoms with E-state index in [1.54, 1.807) is 0 Å². The van der Waals surface area contributed by atoms with Gasteiger partial charge in [0.2, 0.25) is 0 Å². The number of esters is 2. The highest BCUT2D eigenvalue weighted by atomic mass is 16.6. The molecule has 0 fully saturated rings. The van der Waals surface area contributed by atoms with E-state index in [9.17, 15) is 9.59 Å². The lowest BCUT2D eigenvalue weighted by molar-refractivity contribution is -0.155. The van der Waals surface area contributed by atoms with Gasteiger partial charge in [0.05, 0.1) is 0 Å². The monoisotopic (exact) mass is 981 g/mol. The summed E-state index contributed by atoms with van der Waals surface area (Å²) in [5, 5.41) is 0. The SMILES string of the molecule is CCCCC/C=C\C/C=C\CCCCCCCCCCCC(=O)OCC(COC(=O)CCCCCCCCCCC/C=C\C/C=C\CCCCC)OCCCCCCCCCCCCCCCCCC. The molecule has 0 aromatic carbocycles. The average Bonchev–Trinajstić information content (AvgIpc) is 3.36. The van der Waals surface area contributed by atoms with Gasteiger partial charge in [-0.15, -0.1) is 0 Å². The molecular formula is C65H120O5. The van der Waals surface area contributed by atoms with Crippen LogP contribution in [0.4, 0.5) is 0 Å². The van der Waals surface area contributed by atoms with Gasteiger partial charge >= 0.3 is 11.9 Å². The van der Waals surface area contributed by atoms with E-state index in [1.165, 1.54) is 244 Å². The van der Waals surface area contributed by atoms with Gasteiger partial charge in [-0.25, -0.2) is 0 Å². The second-order valence-electron chi connectivity index (χ2n) is 21.0. The molecule has 0 aromatic heterocycles. The predicted molar refractivity (Wildman–Crippen MR) is 307 cm³/mol. The molecule has 0 aromatic rings. The van der Waals surface area contributed by atoms with Gasteiger partial charge in [0.15, 0.2) is 0 Å². The summed E-state index contributed by atoms with van der Waals surface area (Å²) in [7, 11) is 0. The van der Waals surface area contributed by atoms with Crippen molar-refractivity contribution in [3.05, 3.63) is 48.6 Å². The number of ether oxygens (including phenoxy) is 3. The van der Waals surface area contributed by atoms with Crippen LogP contribution in [-0.2, 0) is 23.8 Å². The van der Waals surface area contributed by atoms with Crippen molar-refractivity contribution in [3.63, 3.8) is 0 Å². The number of carbonyl (C=O) groups is 2. The molecule has 0 N–H and O–H groups in total. The normalized spacial score (nSPS) is 12.1. The number of allylic oxidation sites excluding steroid dienone is 8. The van der Waals surface area contributed by atoms with Crippen molar-refractivity contribution in [1.82, 2.24) is 0 Å². The molecule has 70 heavy (non-hydrogen) atoms. The number of unbranched alkanes of at least 4 members (excludes halogenated alkanes) is 39. The van der Waals surface area contributed by atoms with Gasteiger partial charge in [0, 0.05) is 19.4 Å². The van der Waals surface area contributed by atoms with Crippen molar-refractivity contribution < 1.29 is 23.8 Å². The molecule has 0 radical (unpaired) electrons. The molecule has 0 unspecified atom stereocenters. The van der Waals surface area contributed by atoms with Gasteiger partial charge in [-0.2, -0.15) is 0 Å². The van der Waals surface area contributed by atoms with Crippen LogP contribution in [0.1, 0.15) is 329 Å². The molecule has 0 aliphatic rings. The van der Waals surface area contributed by atoms with Crippen molar-refractivity contribution in [3.8, 4) is 0 Å². The van der Waals surface area contributed by atoms with Crippen LogP contribution in [0, 0.1) is 0 Å². The maximum Gasteiger partial charge on any atom is 0.305 e. The molecule has 0 spiro atoms. The third-order valence-electron chi connectivity index (χ3n) is 13.9. The van der Waals surface area contributed by atoms with Crippen LogP contribution in [0.3, 0.4) is 0 Å².